The molecule has 98 valence electrons. The average molecular weight is 250 g/mol. The Hall–Kier alpha value is -1.88. The van der Waals surface area contributed by atoms with Crippen molar-refractivity contribution in [2.24, 2.45) is 0 Å². The van der Waals surface area contributed by atoms with Crippen molar-refractivity contribution in [1.82, 2.24) is 5.32 Å². The quantitative estimate of drug-likeness (QED) is 0.481. The van der Waals surface area contributed by atoms with Crippen molar-refractivity contribution in [3.05, 3.63) is 29.8 Å². The number of benzene rings is 1. The minimum atomic E-state index is -0.636. The van der Waals surface area contributed by atoms with E-state index in [1.165, 1.54) is 13.0 Å². The average Bonchev–Trinajstić information content (AvgIpc) is 2.26. The molecule has 0 aliphatic heterocycles. The Bertz CT molecular complexity index is 464. The van der Waals surface area contributed by atoms with E-state index in [1.807, 2.05) is 20.8 Å². The van der Waals surface area contributed by atoms with Crippen molar-refractivity contribution >= 4 is 17.5 Å². The lowest BCUT2D eigenvalue weighted by Gasteiger charge is -2.24. The van der Waals surface area contributed by atoms with Crippen LogP contribution in [-0.2, 0) is 0 Å². The van der Waals surface area contributed by atoms with Gasteiger partial charge in [0.05, 0.1) is 5.69 Å². The summed E-state index contributed by atoms with van der Waals surface area (Å²) in [5.41, 5.74) is 0.246. The Kier molecular flexibility index (Phi) is 4.08. The molecule has 0 aliphatic carbocycles. The molecule has 0 radical (unpaired) electrons. The van der Waals surface area contributed by atoms with Gasteiger partial charge < -0.3 is 5.32 Å². The van der Waals surface area contributed by atoms with Gasteiger partial charge >= 0.3 is 6.03 Å². The number of carbonyl (C=O) groups is 2. The summed E-state index contributed by atoms with van der Waals surface area (Å²) >= 11 is 0. The molecule has 2 N–H and O–H groups in total. The third-order valence-corrected chi connectivity index (χ3v) is 2.17. The molecule has 0 unspecified atom stereocenters. The van der Waals surface area contributed by atoms with Crippen LogP contribution >= 0.6 is 0 Å². The minimum Gasteiger partial charge on any atom is -0.331 e. The summed E-state index contributed by atoms with van der Waals surface area (Å²) in [7, 11) is 0. The van der Waals surface area contributed by atoms with Gasteiger partial charge in [0.15, 0.2) is 5.78 Å². The fraction of sp³-hybridized carbons (Fsp3) is 0.385. The maximum atomic E-state index is 11.7. The number of anilines is 1. The van der Waals surface area contributed by atoms with Crippen molar-refractivity contribution in [2.75, 3.05) is 5.06 Å². The number of carbonyl (C=O) groups excluding carboxylic acids is 2. The molecule has 0 bridgehead atoms. The third kappa shape index (κ3) is 3.85. The van der Waals surface area contributed by atoms with E-state index < -0.39 is 11.6 Å². The first-order valence-corrected chi connectivity index (χ1v) is 5.63. The molecule has 0 aliphatic rings. The van der Waals surface area contributed by atoms with E-state index >= 15 is 0 Å². The lowest BCUT2D eigenvalue weighted by Crippen LogP contribution is -2.47. The number of ketones is 1. The predicted molar refractivity (Wildman–Crippen MR) is 69.0 cm³/mol. The normalized spacial score (nSPS) is 10.9. The van der Waals surface area contributed by atoms with Crippen LogP contribution in [0.5, 0.6) is 0 Å². The lowest BCUT2D eigenvalue weighted by molar-refractivity contribution is 0.101. The van der Waals surface area contributed by atoms with Crippen LogP contribution in [0.4, 0.5) is 10.5 Å². The van der Waals surface area contributed by atoms with E-state index in [2.05, 4.69) is 5.32 Å². The lowest BCUT2D eigenvalue weighted by atomic mass is 10.1. The molecular formula is C13H18N2O3. The van der Waals surface area contributed by atoms with Gasteiger partial charge in [-0.3, -0.25) is 10.0 Å². The van der Waals surface area contributed by atoms with Gasteiger partial charge in [0.25, 0.3) is 0 Å². The van der Waals surface area contributed by atoms with Crippen LogP contribution in [0.3, 0.4) is 0 Å². The Morgan fingerprint density at radius 3 is 2.39 bits per heavy atom. The van der Waals surface area contributed by atoms with Crippen molar-refractivity contribution in [3.63, 3.8) is 0 Å². The molecule has 0 atom stereocenters. The summed E-state index contributed by atoms with van der Waals surface area (Å²) in [5, 5.41) is 12.9. The number of nitrogens with one attached hydrogen (secondary N) is 1. The van der Waals surface area contributed by atoms with Crippen LogP contribution in [0.15, 0.2) is 24.3 Å². The summed E-state index contributed by atoms with van der Waals surface area (Å²) in [5.74, 6) is -0.124. The molecule has 1 aromatic rings. The third-order valence-electron chi connectivity index (χ3n) is 2.17. The maximum absolute atomic E-state index is 11.7. The second-order valence-corrected chi connectivity index (χ2v) is 5.10. The summed E-state index contributed by atoms with van der Waals surface area (Å²) in [6.07, 6.45) is 0. The van der Waals surface area contributed by atoms with Crippen molar-refractivity contribution in [1.29, 1.82) is 0 Å². The number of hydroxylamine groups is 1. The Morgan fingerprint density at radius 2 is 1.89 bits per heavy atom. The van der Waals surface area contributed by atoms with E-state index in [1.54, 1.807) is 18.2 Å². The smallest absolute Gasteiger partial charge is 0.331 e. The Labute approximate surface area is 106 Å². The van der Waals surface area contributed by atoms with Gasteiger partial charge in [-0.1, -0.05) is 12.1 Å². The van der Waals surface area contributed by atoms with Gasteiger partial charge in [-0.15, -0.1) is 0 Å². The molecule has 18 heavy (non-hydrogen) atoms. The zero-order valence-corrected chi connectivity index (χ0v) is 11.0. The molecule has 5 heteroatoms. The van der Waals surface area contributed by atoms with Gasteiger partial charge in [-0.25, -0.2) is 4.79 Å². The highest BCUT2D eigenvalue weighted by Crippen LogP contribution is 2.15. The van der Waals surface area contributed by atoms with Gasteiger partial charge in [0.2, 0.25) is 0 Å². The highest BCUT2D eigenvalue weighted by Gasteiger charge is 2.19. The summed E-state index contributed by atoms with van der Waals surface area (Å²) in [6, 6.07) is 5.61. The number of hydrogen-bond acceptors (Lipinski definition) is 3. The fourth-order valence-electron chi connectivity index (χ4n) is 1.35. The Balaban J connectivity index is 2.90. The largest absolute Gasteiger partial charge is 0.346 e. The summed E-state index contributed by atoms with van der Waals surface area (Å²) < 4.78 is 0. The van der Waals surface area contributed by atoms with Crippen LogP contribution in [-0.4, -0.2) is 22.6 Å². The maximum Gasteiger partial charge on any atom is 0.346 e. The molecular weight excluding hydrogens is 232 g/mol. The zero-order chi connectivity index (χ0) is 13.9. The van der Waals surface area contributed by atoms with Gasteiger partial charge in [-0.05, 0) is 39.8 Å². The molecule has 0 saturated carbocycles. The van der Waals surface area contributed by atoms with Crippen LogP contribution < -0.4 is 10.4 Å². The first-order valence-electron chi connectivity index (χ1n) is 5.63. The monoisotopic (exact) mass is 250 g/mol. The summed E-state index contributed by atoms with van der Waals surface area (Å²) in [6.45, 7) is 6.86. The molecule has 0 saturated heterocycles. The molecule has 1 aromatic carbocycles. The first kappa shape index (κ1) is 14.2. The standard InChI is InChI=1S/C13H18N2O3/c1-9(16)10-6-5-7-11(8-10)15(18)12(17)14-13(2,3)4/h5-8,18H,1-4H3,(H,14,17). The van der Waals surface area contributed by atoms with E-state index in [-0.39, 0.29) is 11.5 Å². The van der Waals surface area contributed by atoms with Crippen molar-refractivity contribution in [2.45, 2.75) is 33.2 Å². The number of amides is 2. The van der Waals surface area contributed by atoms with Crippen molar-refractivity contribution in [3.8, 4) is 0 Å². The molecule has 0 heterocycles. The molecule has 2 amide bonds. The second kappa shape index (κ2) is 5.18. The van der Waals surface area contributed by atoms with Crippen LogP contribution in [0, 0.1) is 0 Å². The molecule has 1 rings (SSSR count). The van der Waals surface area contributed by atoms with E-state index in [4.69, 9.17) is 0 Å². The molecule has 0 spiro atoms. The Morgan fingerprint density at radius 1 is 1.28 bits per heavy atom. The van der Waals surface area contributed by atoms with Gasteiger partial charge in [-0.2, -0.15) is 5.06 Å². The van der Waals surface area contributed by atoms with Crippen LogP contribution in [0.2, 0.25) is 0 Å². The molecule has 0 aromatic heterocycles. The predicted octanol–water partition coefficient (Wildman–Crippen LogP) is 2.59. The zero-order valence-electron chi connectivity index (χ0n) is 11.0. The van der Waals surface area contributed by atoms with Crippen LogP contribution in [0.1, 0.15) is 38.1 Å². The molecule has 5 nitrogen and oxygen atoms in total. The fourth-order valence-corrected chi connectivity index (χ4v) is 1.35. The van der Waals surface area contributed by atoms with Gasteiger partial charge in [0.1, 0.15) is 0 Å². The number of rotatable bonds is 2. The number of nitrogens with zero attached hydrogens (tertiary/aromatic N) is 1. The summed E-state index contributed by atoms with van der Waals surface area (Å²) in [4.78, 5) is 22.9. The highest BCUT2D eigenvalue weighted by molar-refractivity contribution is 5.96. The van der Waals surface area contributed by atoms with Gasteiger partial charge in [0, 0.05) is 11.1 Å². The first-order chi connectivity index (χ1) is 8.20. The second-order valence-electron chi connectivity index (χ2n) is 5.10. The van der Waals surface area contributed by atoms with E-state index in [0.717, 1.165) is 0 Å². The topological polar surface area (TPSA) is 69.6 Å². The highest BCUT2D eigenvalue weighted by atomic mass is 16.5. The number of urea groups is 1. The van der Waals surface area contributed by atoms with Crippen LogP contribution in [0.25, 0.3) is 0 Å². The number of hydrogen-bond donors (Lipinski definition) is 2. The number of Topliss-reactive ketones (excluding diaryl/α,β-unsaturated/α-hetero) is 1. The van der Waals surface area contributed by atoms with E-state index in [9.17, 15) is 14.8 Å². The minimum absolute atomic E-state index is 0.124. The van der Waals surface area contributed by atoms with E-state index in [0.29, 0.717) is 10.6 Å². The SMILES string of the molecule is CC(=O)c1cccc(N(O)C(=O)NC(C)(C)C)c1. The van der Waals surface area contributed by atoms with Crippen molar-refractivity contribution < 1.29 is 14.8 Å². The molecule has 0 fully saturated rings.